The Morgan fingerprint density at radius 2 is 1.70 bits per heavy atom. The highest BCUT2D eigenvalue weighted by Crippen LogP contribution is 2.41. The van der Waals surface area contributed by atoms with Crippen LogP contribution in [-0.4, -0.2) is 52.1 Å². The van der Waals surface area contributed by atoms with E-state index in [2.05, 4.69) is 64.9 Å². The van der Waals surface area contributed by atoms with E-state index in [1.807, 2.05) is 53.1 Å². The minimum absolute atomic E-state index is 0.173. The molecule has 11 nitrogen and oxygen atoms in total. The second-order valence-corrected chi connectivity index (χ2v) is 13.3. The van der Waals surface area contributed by atoms with Gasteiger partial charge in [0.05, 0.1) is 36.8 Å². The SMILES string of the molecule is COc1c(NC(C)=O)cc(C(C)(C)C)cc1NC(=O)N[C@H]1CC[C@@H](Oc2ccc3nnc(C4CCCN4C)n3c2)c2ccccc21. The number of carbonyl (C=O) groups excluding carboxylic acids is 2. The van der Waals surface area contributed by atoms with Crippen molar-refractivity contribution in [3.8, 4) is 11.5 Å². The van der Waals surface area contributed by atoms with Crippen molar-refractivity contribution < 1.29 is 19.1 Å². The Morgan fingerprint density at radius 1 is 0.957 bits per heavy atom. The van der Waals surface area contributed by atoms with Gasteiger partial charge < -0.3 is 25.4 Å². The molecular weight excluding hydrogens is 582 g/mol. The minimum atomic E-state index is -0.361. The van der Waals surface area contributed by atoms with E-state index in [-0.39, 0.29) is 35.5 Å². The fraction of sp³-hybridized carbons (Fsp3) is 0.429. The van der Waals surface area contributed by atoms with Crippen LogP contribution < -0.4 is 25.4 Å². The Balaban J connectivity index is 1.21. The van der Waals surface area contributed by atoms with Crippen LogP contribution in [0.1, 0.15) is 94.1 Å². The number of fused-ring (bicyclic) bond motifs is 2. The number of hydrogen-bond donors (Lipinski definition) is 3. The molecule has 1 unspecified atom stereocenters. The third-order valence-electron chi connectivity index (χ3n) is 8.96. The van der Waals surface area contributed by atoms with Gasteiger partial charge in [0, 0.05) is 6.92 Å². The molecule has 3 amide bonds. The first kappa shape index (κ1) is 31.3. The number of nitrogens with one attached hydrogen (secondary N) is 3. The van der Waals surface area contributed by atoms with E-state index in [0.29, 0.717) is 23.5 Å². The van der Waals surface area contributed by atoms with Crippen LogP contribution in [0.2, 0.25) is 0 Å². The molecule has 1 aliphatic heterocycles. The number of benzene rings is 2. The third-order valence-corrected chi connectivity index (χ3v) is 8.96. The maximum atomic E-state index is 13.5. The molecule has 2 aromatic heterocycles. The van der Waals surface area contributed by atoms with Crippen LogP contribution in [0.4, 0.5) is 16.2 Å². The molecule has 3 N–H and O–H groups in total. The van der Waals surface area contributed by atoms with Crippen LogP contribution >= 0.6 is 0 Å². The summed E-state index contributed by atoms with van der Waals surface area (Å²) in [6.07, 6.45) is 5.44. The Kier molecular flexibility index (Phi) is 8.61. The molecule has 1 fully saturated rings. The summed E-state index contributed by atoms with van der Waals surface area (Å²) < 4.78 is 14.3. The number of nitrogens with zero attached hydrogens (tertiary/aromatic N) is 4. The van der Waals surface area contributed by atoms with Gasteiger partial charge in [-0.15, -0.1) is 10.2 Å². The fourth-order valence-electron chi connectivity index (χ4n) is 6.58. The van der Waals surface area contributed by atoms with Gasteiger partial charge in [0.25, 0.3) is 0 Å². The van der Waals surface area contributed by atoms with Gasteiger partial charge in [-0.1, -0.05) is 45.0 Å². The van der Waals surface area contributed by atoms with Crippen LogP contribution in [0, 0.1) is 0 Å². The predicted molar refractivity (Wildman–Crippen MR) is 178 cm³/mol. The Bertz CT molecular complexity index is 1760. The molecule has 1 saturated heterocycles. The van der Waals surface area contributed by atoms with Crippen LogP contribution in [-0.2, 0) is 10.2 Å². The Morgan fingerprint density at radius 3 is 2.37 bits per heavy atom. The number of pyridine rings is 1. The number of likely N-dealkylation sites (tertiary alicyclic amines) is 1. The van der Waals surface area contributed by atoms with Gasteiger partial charge in [-0.05, 0) is 85.6 Å². The average Bonchev–Trinajstić information content (AvgIpc) is 3.62. The van der Waals surface area contributed by atoms with Gasteiger partial charge in [0.2, 0.25) is 5.91 Å². The topological polar surface area (TPSA) is 122 Å². The first-order valence-electron chi connectivity index (χ1n) is 15.9. The van der Waals surface area contributed by atoms with Crippen molar-refractivity contribution in [2.24, 2.45) is 0 Å². The summed E-state index contributed by atoms with van der Waals surface area (Å²) in [6.45, 7) is 8.72. The van der Waals surface area contributed by atoms with Gasteiger partial charge in [0.15, 0.2) is 17.2 Å². The maximum Gasteiger partial charge on any atom is 0.319 e. The molecule has 46 heavy (non-hydrogen) atoms. The van der Waals surface area contributed by atoms with E-state index in [0.717, 1.165) is 59.7 Å². The zero-order valence-corrected chi connectivity index (χ0v) is 27.4. The highest BCUT2D eigenvalue weighted by Gasteiger charge is 2.31. The van der Waals surface area contributed by atoms with Crippen LogP contribution in [0.15, 0.2) is 54.7 Å². The largest absolute Gasteiger partial charge is 0.492 e. The van der Waals surface area contributed by atoms with E-state index in [4.69, 9.17) is 9.47 Å². The number of rotatable bonds is 7. The molecule has 6 rings (SSSR count). The molecule has 2 aliphatic rings. The van der Waals surface area contributed by atoms with Gasteiger partial charge in [-0.3, -0.25) is 14.1 Å². The second kappa shape index (κ2) is 12.6. The quantitative estimate of drug-likeness (QED) is 0.213. The van der Waals surface area contributed by atoms with Gasteiger partial charge in [-0.25, -0.2) is 4.79 Å². The fourth-order valence-corrected chi connectivity index (χ4v) is 6.58. The molecule has 1 aliphatic carbocycles. The highest BCUT2D eigenvalue weighted by molar-refractivity contribution is 5.97. The lowest BCUT2D eigenvalue weighted by molar-refractivity contribution is -0.114. The molecule has 3 atom stereocenters. The summed E-state index contributed by atoms with van der Waals surface area (Å²) in [6, 6.07) is 15.4. The maximum absolute atomic E-state index is 13.5. The number of amides is 3. The first-order chi connectivity index (χ1) is 22.0. The molecule has 0 bridgehead atoms. The minimum Gasteiger partial charge on any atom is -0.492 e. The number of urea groups is 1. The first-order valence-corrected chi connectivity index (χ1v) is 15.9. The van der Waals surface area contributed by atoms with E-state index in [1.165, 1.54) is 14.0 Å². The normalized spacial score (nSPS) is 19.8. The van der Waals surface area contributed by atoms with Crippen molar-refractivity contribution in [3.05, 3.63) is 77.2 Å². The lowest BCUT2D eigenvalue weighted by Crippen LogP contribution is -2.35. The van der Waals surface area contributed by atoms with Crippen molar-refractivity contribution in [1.82, 2.24) is 24.8 Å². The van der Waals surface area contributed by atoms with E-state index < -0.39 is 0 Å². The molecular formula is C35H43N7O4. The number of aromatic nitrogens is 3. The zero-order valence-electron chi connectivity index (χ0n) is 27.4. The van der Waals surface area contributed by atoms with E-state index >= 15 is 0 Å². The summed E-state index contributed by atoms with van der Waals surface area (Å²) in [5.74, 6) is 1.86. The van der Waals surface area contributed by atoms with E-state index in [1.54, 1.807) is 0 Å². The number of hydrogen-bond acceptors (Lipinski definition) is 7. The number of carbonyl (C=O) groups is 2. The smallest absolute Gasteiger partial charge is 0.319 e. The number of anilines is 2. The van der Waals surface area contributed by atoms with Crippen LogP contribution in [0.25, 0.3) is 5.65 Å². The molecule has 2 aromatic carbocycles. The molecule has 0 saturated carbocycles. The third kappa shape index (κ3) is 6.37. The van der Waals surface area contributed by atoms with Crippen molar-refractivity contribution >= 4 is 29.0 Å². The predicted octanol–water partition coefficient (Wildman–Crippen LogP) is 6.54. The summed E-state index contributed by atoms with van der Waals surface area (Å²) in [5, 5.41) is 17.9. The summed E-state index contributed by atoms with van der Waals surface area (Å²) in [5.41, 5.74) is 4.57. The lowest BCUT2D eigenvalue weighted by Gasteiger charge is -2.32. The van der Waals surface area contributed by atoms with Crippen molar-refractivity contribution in [2.45, 2.75) is 77.0 Å². The molecule has 242 valence electrons. The molecule has 3 heterocycles. The zero-order chi connectivity index (χ0) is 32.6. The number of methoxy groups -OCH3 is 1. The van der Waals surface area contributed by atoms with Crippen molar-refractivity contribution in [2.75, 3.05) is 31.3 Å². The number of ether oxygens (including phenoxy) is 2. The summed E-state index contributed by atoms with van der Waals surface area (Å²) in [7, 11) is 3.65. The highest BCUT2D eigenvalue weighted by atomic mass is 16.5. The van der Waals surface area contributed by atoms with Crippen molar-refractivity contribution in [3.63, 3.8) is 0 Å². The molecule has 4 aromatic rings. The van der Waals surface area contributed by atoms with E-state index in [9.17, 15) is 9.59 Å². The summed E-state index contributed by atoms with van der Waals surface area (Å²) >= 11 is 0. The van der Waals surface area contributed by atoms with Crippen molar-refractivity contribution in [1.29, 1.82) is 0 Å². The molecule has 0 radical (unpaired) electrons. The standard InChI is InChI=1S/C35H43N7O4/c1-21(43)36-27-18-22(35(2,3)4)19-28(32(27)45-6)38-34(44)37-26-14-15-30(25-11-8-7-10-24(25)26)46-23-13-16-31-39-40-33(42(31)20-23)29-12-9-17-41(29)5/h7-8,10-11,13,16,18-20,26,29-30H,9,12,14-15,17H2,1-6H3,(H,36,43)(H2,37,38,44)/t26-,29?,30+/m0/s1. The Labute approximate surface area is 269 Å². The lowest BCUT2D eigenvalue weighted by atomic mass is 9.85. The molecule has 11 heteroatoms. The van der Waals surface area contributed by atoms with Crippen LogP contribution in [0.5, 0.6) is 11.5 Å². The average molecular weight is 626 g/mol. The second-order valence-electron chi connectivity index (χ2n) is 13.3. The van der Waals surface area contributed by atoms with Gasteiger partial charge >= 0.3 is 6.03 Å². The summed E-state index contributed by atoms with van der Waals surface area (Å²) in [4.78, 5) is 27.7. The monoisotopic (exact) mass is 625 g/mol. The Hall–Kier alpha value is -4.64. The molecule has 0 spiro atoms. The van der Waals surface area contributed by atoms with Crippen LogP contribution in [0.3, 0.4) is 0 Å². The van der Waals surface area contributed by atoms with Gasteiger partial charge in [-0.2, -0.15) is 0 Å². The van der Waals surface area contributed by atoms with Gasteiger partial charge in [0.1, 0.15) is 11.9 Å².